The molecule has 4 heteroatoms. The molecule has 0 aromatic heterocycles. The van der Waals surface area contributed by atoms with Crippen LogP contribution in [-0.4, -0.2) is 38.4 Å². The molecular weight excluding hydrogens is 170 g/mol. The second-order valence-electron chi connectivity index (χ2n) is 3.11. The molecule has 1 heterocycles. The first kappa shape index (κ1) is 10.5. The highest BCUT2D eigenvalue weighted by molar-refractivity contribution is 5.70. The first-order valence-corrected chi connectivity index (χ1v) is 4.79. The van der Waals surface area contributed by atoms with Crippen molar-refractivity contribution in [2.45, 2.75) is 25.8 Å². The third-order valence-electron chi connectivity index (χ3n) is 2.01. The highest BCUT2D eigenvalue weighted by Gasteiger charge is 2.14. The molecule has 1 atom stereocenters. The Kier molecular flexibility index (Phi) is 4.78. The van der Waals surface area contributed by atoms with Gasteiger partial charge in [0.2, 0.25) is 0 Å². The van der Waals surface area contributed by atoms with Crippen molar-refractivity contribution in [1.82, 2.24) is 5.32 Å². The summed E-state index contributed by atoms with van der Waals surface area (Å²) in [5.41, 5.74) is 0. The smallest absolute Gasteiger partial charge is 0.332 e. The maximum Gasteiger partial charge on any atom is 0.332 e. The molecule has 0 amide bonds. The second-order valence-corrected chi connectivity index (χ2v) is 3.11. The van der Waals surface area contributed by atoms with Gasteiger partial charge in [0.1, 0.15) is 6.61 Å². The summed E-state index contributed by atoms with van der Waals surface area (Å²) < 4.78 is 9.92. The van der Waals surface area contributed by atoms with Crippen LogP contribution in [0.15, 0.2) is 0 Å². The van der Waals surface area contributed by atoms with E-state index in [0.717, 1.165) is 13.0 Å². The molecule has 0 aromatic carbocycles. The fourth-order valence-electron chi connectivity index (χ4n) is 1.39. The van der Waals surface area contributed by atoms with Crippen molar-refractivity contribution in [1.29, 1.82) is 0 Å². The van der Waals surface area contributed by atoms with Crippen LogP contribution in [-0.2, 0) is 14.3 Å². The Morgan fingerprint density at radius 2 is 2.46 bits per heavy atom. The number of carbonyl (C=O) groups is 1. The summed E-state index contributed by atoms with van der Waals surface area (Å²) >= 11 is 0. The zero-order chi connectivity index (χ0) is 9.52. The number of esters is 1. The normalized spacial score (nSPS) is 21.8. The molecule has 1 aliphatic heterocycles. The Bertz CT molecular complexity index is 155. The predicted molar refractivity (Wildman–Crippen MR) is 48.5 cm³/mol. The fourth-order valence-corrected chi connectivity index (χ4v) is 1.39. The van der Waals surface area contributed by atoms with Crippen molar-refractivity contribution in [3.63, 3.8) is 0 Å². The van der Waals surface area contributed by atoms with E-state index in [1.54, 1.807) is 6.92 Å². The molecule has 0 saturated carbocycles. The number of nitrogens with one attached hydrogen (secondary N) is 1. The van der Waals surface area contributed by atoms with Crippen LogP contribution in [0.5, 0.6) is 0 Å². The molecule has 1 saturated heterocycles. The lowest BCUT2D eigenvalue weighted by Crippen LogP contribution is -2.28. The van der Waals surface area contributed by atoms with E-state index in [4.69, 9.17) is 9.47 Å². The predicted octanol–water partition coefficient (Wildman–Crippen LogP) is 0.318. The molecule has 0 aromatic rings. The van der Waals surface area contributed by atoms with Gasteiger partial charge in [-0.3, -0.25) is 0 Å². The Balaban J connectivity index is 1.96. The van der Waals surface area contributed by atoms with Gasteiger partial charge in [-0.15, -0.1) is 0 Å². The zero-order valence-corrected chi connectivity index (χ0v) is 8.04. The van der Waals surface area contributed by atoms with Gasteiger partial charge in [-0.25, -0.2) is 4.79 Å². The molecule has 4 nitrogen and oxygen atoms in total. The highest BCUT2D eigenvalue weighted by atomic mass is 16.6. The maximum atomic E-state index is 10.8. The molecule has 1 aliphatic rings. The van der Waals surface area contributed by atoms with Crippen LogP contribution in [0.2, 0.25) is 0 Å². The summed E-state index contributed by atoms with van der Waals surface area (Å²) in [6.07, 6.45) is 2.34. The third-order valence-corrected chi connectivity index (χ3v) is 2.01. The van der Waals surface area contributed by atoms with Gasteiger partial charge in [0.05, 0.1) is 13.2 Å². The average Bonchev–Trinajstić information content (AvgIpc) is 2.57. The summed E-state index contributed by atoms with van der Waals surface area (Å²) in [7, 11) is 0. The quantitative estimate of drug-likeness (QED) is 0.630. The molecule has 0 radical (unpaired) electrons. The van der Waals surface area contributed by atoms with E-state index in [0.29, 0.717) is 19.3 Å². The summed E-state index contributed by atoms with van der Waals surface area (Å²) in [6.45, 7) is 3.96. The molecule has 1 rings (SSSR count). The van der Waals surface area contributed by atoms with Crippen LogP contribution >= 0.6 is 0 Å². The highest BCUT2D eigenvalue weighted by Crippen LogP contribution is 2.04. The average molecular weight is 187 g/mol. The zero-order valence-electron chi connectivity index (χ0n) is 8.04. The molecule has 1 unspecified atom stereocenters. The van der Waals surface area contributed by atoms with Crippen LogP contribution in [0.1, 0.15) is 19.8 Å². The van der Waals surface area contributed by atoms with Gasteiger partial charge >= 0.3 is 5.97 Å². The van der Waals surface area contributed by atoms with Crippen molar-refractivity contribution in [2.75, 3.05) is 26.4 Å². The molecule has 0 spiro atoms. The van der Waals surface area contributed by atoms with Crippen LogP contribution in [0.25, 0.3) is 0 Å². The van der Waals surface area contributed by atoms with Crippen LogP contribution in [0.4, 0.5) is 0 Å². The van der Waals surface area contributed by atoms with Crippen molar-refractivity contribution < 1.29 is 14.3 Å². The summed E-state index contributed by atoms with van der Waals surface area (Å²) in [4.78, 5) is 10.8. The van der Waals surface area contributed by atoms with Crippen molar-refractivity contribution in [2.24, 2.45) is 0 Å². The van der Waals surface area contributed by atoms with Gasteiger partial charge in [-0.1, -0.05) is 0 Å². The monoisotopic (exact) mass is 187 g/mol. The molecule has 1 fully saturated rings. The van der Waals surface area contributed by atoms with Gasteiger partial charge in [-0.2, -0.15) is 0 Å². The lowest BCUT2D eigenvalue weighted by Gasteiger charge is -2.09. The van der Waals surface area contributed by atoms with E-state index >= 15 is 0 Å². The van der Waals surface area contributed by atoms with Gasteiger partial charge in [0.25, 0.3) is 0 Å². The molecule has 0 aliphatic carbocycles. The SMILES string of the molecule is CCOC(=O)COCC1CCCN1. The van der Waals surface area contributed by atoms with E-state index in [1.807, 2.05) is 0 Å². The summed E-state index contributed by atoms with van der Waals surface area (Å²) in [5.74, 6) is -0.277. The van der Waals surface area contributed by atoms with Crippen LogP contribution < -0.4 is 5.32 Å². The Labute approximate surface area is 78.6 Å². The third kappa shape index (κ3) is 4.24. The van der Waals surface area contributed by atoms with E-state index in [-0.39, 0.29) is 12.6 Å². The van der Waals surface area contributed by atoms with Crippen molar-refractivity contribution in [3.05, 3.63) is 0 Å². The number of hydrogen-bond acceptors (Lipinski definition) is 4. The largest absolute Gasteiger partial charge is 0.464 e. The molecule has 0 bridgehead atoms. The Morgan fingerprint density at radius 1 is 1.62 bits per heavy atom. The van der Waals surface area contributed by atoms with Gasteiger partial charge in [0.15, 0.2) is 0 Å². The first-order chi connectivity index (χ1) is 6.33. The first-order valence-electron chi connectivity index (χ1n) is 4.79. The Morgan fingerprint density at radius 3 is 3.08 bits per heavy atom. The van der Waals surface area contributed by atoms with Crippen LogP contribution in [0.3, 0.4) is 0 Å². The van der Waals surface area contributed by atoms with Gasteiger partial charge < -0.3 is 14.8 Å². The van der Waals surface area contributed by atoms with E-state index < -0.39 is 0 Å². The number of rotatable bonds is 5. The maximum absolute atomic E-state index is 10.8. The van der Waals surface area contributed by atoms with E-state index in [2.05, 4.69) is 5.32 Å². The van der Waals surface area contributed by atoms with Crippen molar-refractivity contribution >= 4 is 5.97 Å². The standard InChI is InChI=1S/C9H17NO3/c1-2-13-9(11)7-12-6-8-4-3-5-10-8/h8,10H,2-7H2,1H3. The minimum absolute atomic E-state index is 0.0754. The van der Waals surface area contributed by atoms with Gasteiger partial charge in [0, 0.05) is 6.04 Å². The lowest BCUT2D eigenvalue weighted by molar-refractivity contribution is -0.148. The molecule has 76 valence electrons. The molecule has 13 heavy (non-hydrogen) atoms. The lowest BCUT2D eigenvalue weighted by atomic mass is 10.2. The van der Waals surface area contributed by atoms with Gasteiger partial charge in [-0.05, 0) is 26.3 Å². The summed E-state index contributed by atoms with van der Waals surface area (Å²) in [6, 6.07) is 0.425. The van der Waals surface area contributed by atoms with Crippen molar-refractivity contribution in [3.8, 4) is 0 Å². The minimum atomic E-state index is -0.277. The minimum Gasteiger partial charge on any atom is -0.464 e. The number of ether oxygens (including phenoxy) is 2. The number of hydrogen-bond donors (Lipinski definition) is 1. The van der Waals surface area contributed by atoms with Crippen LogP contribution in [0, 0.1) is 0 Å². The Hall–Kier alpha value is -0.610. The number of carbonyl (C=O) groups excluding carboxylic acids is 1. The topological polar surface area (TPSA) is 47.6 Å². The molecular formula is C9H17NO3. The van der Waals surface area contributed by atoms with E-state index in [9.17, 15) is 4.79 Å². The second kappa shape index (κ2) is 5.94. The summed E-state index contributed by atoms with van der Waals surface area (Å²) in [5, 5.41) is 3.29. The fraction of sp³-hybridized carbons (Fsp3) is 0.889. The van der Waals surface area contributed by atoms with E-state index in [1.165, 1.54) is 6.42 Å². The molecule has 1 N–H and O–H groups in total.